The smallest absolute Gasteiger partial charge is 0.257 e. The van der Waals surface area contributed by atoms with Crippen molar-refractivity contribution in [3.05, 3.63) is 70.9 Å². The topological polar surface area (TPSA) is 95.5 Å². The number of ketones is 1. The number of piperazine rings is 1. The predicted molar refractivity (Wildman–Crippen MR) is 126 cm³/mol. The summed E-state index contributed by atoms with van der Waals surface area (Å²) in [5.74, 6) is 0.144. The number of hydrogen-bond donors (Lipinski definition) is 1. The van der Waals surface area contributed by atoms with Crippen LogP contribution in [0.2, 0.25) is 0 Å². The van der Waals surface area contributed by atoms with E-state index in [-0.39, 0.29) is 24.0 Å². The third-order valence-electron chi connectivity index (χ3n) is 5.99. The van der Waals surface area contributed by atoms with Gasteiger partial charge in [0.15, 0.2) is 10.9 Å². The van der Waals surface area contributed by atoms with Gasteiger partial charge in [-0.3, -0.25) is 19.7 Å². The van der Waals surface area contributed by atoms with E-state index >= 15 is 0 Å². The molecule has 1 atom stereocenters. The molecule has 0 radical (unpaired) electrons. The van der Waals surface area contributed by atoms with Crippen LogP contribution in [-0.2, 0) is 11.2 Å². The maximum Gasteiger partial charge on any atom is 0.257 e. The number of carbonyl (C=O) groups excluding carboxylic acids is 3. The molecule has 8 nitrogen and oxygen atoms in total. The van der Waals surface area contributed by atoms with Crippen molar-refractivity contribution in [2.75, 3.05) is 36.4 Å². The van der Waals surface area contributed by atoms with Crippen LogP contribution in [0.4, 0.5) is 10.9 Å². The standard InChI is InChI=1S/C24H23N5O3S/c30-19-15-17(23(32)29-12-10-28(11-13-29)20-8-4-5-9-25-20)14-18-21(19)33-24(26-18)27-22(31)16-6-2-1-3-7-16/h1-9,17H,10-15H2,(H,26,27,31). The number of anilines is 2. The fraction of sp³-hybridized carbons (Fsp3) is 0.292. The molecule has 1 fully saturated rings. The molecule has 2 amide bonds. The van der Waals surface area contributed by atoms with Crippen LogP contribution in [0, 0.1) is 5.92 Å². The Hall–Kier alpha value is -3.59. The van der Waals surface area contributed by atoms with Crippen molar-refractivity contribution in [1.82, 2.24) is 14.9 Å². The van der Waals surface area contributed by atoms with Crippen molar-refractivity contribution in [3.63, 3.8) is 0 Å². The molecule has 1 saturated heterocycles. The Labute approximate surface area is 195 Å². The summed E-state index contributed by atoms with van der Waals surface area (Å²) in [6.07, 6.45) is 2.36. The van der Waals surface area contributed by atoms with Gasteiger partial charge in [-0.15, -0.1) is 0 Å². The number of carbonyl (C=O) groups is 3. The van der Waals surface area contributed by atoms with Crippen LogP contribution < -0.4 is 10.2 Å². The number of rotatable bonds is 4. The summed E-state index contributed by atoms with van der Waals surface area (Å²) >= 11 is 1.18. The van der Waals surface area contributed by atoms with Gasteiger partial charge in [-0.1, -0.05) is 35.6 Å². The molecule has 0 bridgehead atoms. The second-order valence-corrected chi connectivity index (χ2v) is 9.14. The molecule has 168 valence electrons. The number of Topliss-reactive ketones (excluding diaryl/α,β-unsaturated/α-hetero) is 1. The number of nitrogens with one attached hydrogen (secondary N) is 1. The molecule has 2 aliphatic rings. The Balaban J connectivity index is 1.22. The number of aromatic nitrogens is 2. The lowest BCUT2D eigenvalue weighted by atomic mass is 9.88. The van der Waals surface area contributed by atoms with E-state index in [4.69, 9.17) is 0 Å². The highest BCUT2D eigenvalue weighted by Crippen LogP contribution is 2.33. The zero-order chi connectivity index (χ0) is 22.8. The Bertz CT molecular complexity index is 1170. The maximum absolute atomic E-state index is 13.2. The van der Waals surface area contributed by atoms with Crippen molar-refractivity contribution in [3.8, 4) is 0 Å². The van der Waals surface area contributed by atoms with Gasteiger partial charge in [0.1, 0.15) is 5.82 Å². The summed E-state index contributed by atoms with van der Waals surface area (Å²) in [5.41, 5.74) is 1.12. The predicted octanol–water partition coefficient (Wildman–Crippen LogP) is 2.88. The average molecular weight is 462 g/mol. The monoisotopic (exact) mass is 461 g/mol. The molecule has 0 saturated carbocycles. The van der Waals surface area contributed by atoms with Gasteiger partial charge in [0.25, 0.3) is 5.91 Å². The largest absolute Gasteiger partial charge is 0.353 e. The molecule has 1 aromatic carbocycles. The SMILES string of the molecule is O=C(Nc1nc2c(s1)C(=O)CC(C(=O)N1CCN(c3ccccn3)CC1)C2)c1ccccc1. The van der Waals surface area contributed by atoms with Crippen LogP contribution in [0.3, 0.4) is 0 Å². The summed E-state index contributed by atoms with van der Waals surface area (Å²) in [4.78, 5) is 51.7. The maximum atomic E-state index is 13.2. The molecular formula is C24H23N5O3S. The normalized spacial score (nSPS) is 18.1. The molecule has 0 spiro atoms. The first kappa shape index (κ1) is 21.3. The van der Waals surface area contributed by atoms with Crippen molar-refractivity contribution < 1.29 is 14.4 Å². The molecule has 2 aromatic heterocycles. The van der Waals surface area contributed by atoms with E-state index < -0.39 is 5.92 Å². The van der Waals surface area contributed by atoms with Gasteiger partial charge >= 0.3 is 0 Å². The number of hydrogen-bond acceptors (Lipinski definition) is 7. The van der Waals surface area contributed by atoms with E-state index in [9.17, 15) is 14.4 Å². The van der Waals surface area contributed by atoms with Gasteiger partial charge in [0, 0.05) is 50.8 Å². The van der Waals surface area contributed by atoms with Gasteiger partial charge in [-0.05, 0) is 24.3 Å². The van der Waals surface area contributed by atoms with Crippen molar-refractivity contribution in [1.29, 1.82) is 0 Å². The number of nitrogens with zero attached hydrogens (tertiary/aromatic N) is 4. The minimum Gasteiger partial charge on any atom is -0.353 e. The lowest BCUT2D eigenvalue weighted by Crippen LogP contribution is -2.51. The number of benzene rings is 1. The van der Waals surface area contributed by atoms with Crippen LogP contribution in [0.5, 0.6) is 0 Å². The molecule has 1 aliphatic carbocycles. The quantitative estimate of drug-likeness (QED) is 0.642. The summed E-state index contributed by atoms with van der Waals surface area (Å²) in [6.45, 7) is 2.62. The zero-order valence-electron chi connectivity index (χ0n) is 17.9. The summed E-state index contributed by atoms with van der Waals surface area (Å²) in [7, 11) is 0. The van der Waals surface area contributed by atoms with Crippen molar-refractivity contribution in [2.24, 2.45) is 5.92 Å². The Morgan fingerprint density at radius 2 is 1.73 bits per heavy atom. The van der Waals surface area contributed by atoms with E-state index in [2.05, 4.69) is 20.2 Å². The second kappa shape index (κ2) is 9.11. The van der Waals surface area contributed by atoms with Gasteiger partial charge in [0.2, 0.25) is 5.91 Å². The van der Waals surface area contributed by atoms with Crippen LogP contribution in [0.15, 0.2) is 54.7 Å². The van der Waals surface area contributed by atoms with Gasteiger partial charge < -0.3 is 9.80 Å². The lowest BCUT2D eigenvalue weighted by Gasteiger charge is -2.37. The van der Waals surface area contributed by atoms with Gasteiger partial charge in [-0.25, -0.2) is 9.97 Å². The highest BCUT2D eigenvalue weighted by Gasteiger charge is 2.36. The third kappa shape index (κ3) is 4.49. The molecular weight excluding hydrogens is 438 g/mol. The summed E-state index contributed by atoms with van der Waals surface area (Å²) in [6, 6.07) is 14.7. The molecule has 9 heteroatoms. The highest BCUT2D eigenvalue weighted by atomic mass is 32.1. The molecule has 5 rings (SSSR count). The minimum atomic E-state index is -0.411. The number of fused-ring (bicyclic) bond motifs is 1. The summed E-state index contributed by atoms with van der Waals surface area (Å²) < 4.78 is 0. The highest BCUT2D eigenvalue weighted by molar-refractivity contribution is 7.17. The zero-order valence-corrected chi connectivity index (χ0v) is 18.8. The fourth-order valence-electron chi connectivity index (χ4n) is 4.27. The van der Waals surface area contributed by atoms with E-state index in [1.807, 2.05) is 29.2 Å². The van der Waals surface area contributed by atoms with Crippen LogP contribution in [-0.4, -0.2) is 58.6 Å². The third-order valence-corrected chi connectivity index (χ3v) is 7.05. The van der Waals surface area contributed by atoms with E-state index in [1.165, 1.54) is 11.3 Å². The first-order chi connectivity index (χ1) is 16.1. The second-order valence-electron chi connectivity index (χ2n) is 8.14. The minimum absolute atomic E-state index is 0.00228. The molecule has 3 aromatic rings. The molecule has 33 heavy (non-hydrogen) atoms. The average Bonchev–Trinajstić information content (AvgIpc) is 3.28. The molecule has 1 N–H and O–H groups in total. The molecule has 1 unspecified atom stereocenters. The van der Waals surface area contributed by atoms with Crippen LogP contribution >= 0.6 is 11.3 Å². The van der Waals surface area contributed by atoms with E-state index in [0.29, 0.717) is 53.9 Å². The Morgan fingerprint density at radius 1 is 0.970 bits per heavy atom. The van der Waals surface area contributed by atoms with Gasteiger partial charge in [-0.2, -0.15) is 0 Å². The molecule has 3 heterocycles. The first-order valence-corrected chi connectivity index (χ1v) is 11.7. The number of thiazole rings is 1. The summed E-state index contributed by atoms with van der Waals surface area (Å²) in [5, 5.41) is 3.16. The molecule has 1 aliphatic heterocycles. The van der Waals surface area contributed by atoms with E-state index in [1.54, 1.807) is 30.5 Å². The fourth-order valence-corrected chi connectivity index (χ4v) is 5.21. The Morgan fingerprint density at radius 3 is 2.45 bits per heavy atom. The van der Waals surface area contributed by atoms with Crippen LogP contribution in [0.1, 0.15) is 32.1 Å². The Kier molecular flexibility index (Phi) is 5.87. The number of amides is 2. The van der Waals surface area contributed by atoms with E-state index in [0.717, 1.165) is 5.82 Å². The van der Waals surface area contributed by atoms with Gasteiger partial charge in [0.05, 0.1) is 16.5 Å². The first-order valence-electron chi connectivity index (χ1n) is 10.9. The van der Waals surface area contributed by atoms with Crippen LogP contribution in [0.25, 0.3) is 0 Å². The van der Waals surface area contributed by atoms with Crippen molar-refractivity contribution in [2.45, 2.75) is 12.8 Å². The lowest BCUT2D eigenvalue weighted by molar-refractivity contribution is -0.135. The number of pyridine rings is 1. The van der Waals surface area contributed by atoms with Crippen molar-refractivity contribution >= 4 is 39.9 Å².